The lowest BCUT2D eigenvalue weighted by molar-refractivity contribution is 1.42. The fourth-order valence-electron chi connectivity index (χ4n) is 1.79. The molecule has 2 aromatic rings. The van der Waals surface area contributed by atoms with Crippen molar-refractivity contribution in [3.63, 3.8) is 0 Å². The van der Waals surface area contributed by atoms with Crippen molar-refractivity contribution in [3.05, 3.63) is 81.9 Å². The Morgan fingerprint density at radius 3 is 1.23 bits per heavy atom. The number of benzene rings is 2. The molecule has 0 nitrogen and oxygen atoms in total. The van der Waals surface area contributed by atoms with Gasteiger partial charge in [-0.25, -0.2) is 0 Å². The van der Waals surface area contributed by atoms with Gasteiger partial charge in [-0.3, -0.25) is 0 Å². The van der Waals surface area contributed by atoms with Crippen molar-refractivity contribution < 1.29 is 0 Å². The van der Waals surface area contributed by atoms with E-state index < -0.39 is 0 Å². The Bertz CT molecular complexity index is 721. The highest BCUT2D eigenvalue weighted by Gasteiger charge is 1.91. The molecule has 0 unspecified atom stereocenters. The fourth-order valence-corrected chi connectivity index (χ4v) is 1.79. The minimum atomic E-state index is 1.01. The summed E-state index contributed by atoms with van der Waals surface area (Å²) in [5, 5.41) is 0. The highest BCUT2D eigenvalue weighted by molar-refractivity contribution is 5.48. The lowest BCUT2D eigenvalue weighted by Crippen LogP contribution is -1.80. The summed E-state index contributed by atoms with van der Waals surface area (Å²) < 4.78 is 0. The van der Waals surface area contributed by atoms with Crippen LogP contribution in [0, 0.1) is 37.5 Å². The second kappa shape index (κ2) is 7.35. The zero-order valence-corrected chi connectivity index (χ0v) is 13.6. The summed E-state index contributed by atoms with van der Waals surface area (Å²) in [6.07, 6.45) is 0. The number of aryl methyl sites for hydroxylation is 2. The molecule has 0 N–H and O–H groups in total. The third kappa shape index (κ3) is 4.69. The molecule has 0 amide bonds. The molecule has 0 bridgehead atoms. The maximum Gasteiger partial charge on any atom is 0.0249 e. The van der Waals surface area contributed by atoms with Crippen LogP contribution in [-0.2, 0) is 0 Å². The normalized spacial score (nSPS) is 10.7. The van der Waals surface area contributed by atoms with Gasteiger partial charge in [0.05, 0.1) is 0 Å². The Morgan fingerprint density at radius 2 is 0.909 bits per heavy atom. The first kappa shape index (κ1) is 15.7. The van der Waals surface area contributed by atoms with E-state index in [-0.39, 0.29) is 0 Å². The van der Waals surface area contributed by atoms with Gasteiger partial charge in [0.25, 0.3) is 0 Å². The molecule has 0 heterocycles. The average Bonchev–Trinajstić information content (AvgIpc) is 2.53. The molecule has 22 heavy (non-hydrogen) atoms. The van der Waals surface area contributed by atoms with E-state index in [4.69, 9.17) is 0 Å². The quantitative estimate of drug-likeness (QED) is 0.594. The summed E-state index contributed by atoms with van der Waals surface area (Å²) >= 11 is 0. The van der Waals surface area contributed by atoms with Gasteiger partial charge in [0, 0.05) is 22.3 Å². The Hall–Kier alpha value is -2.70. The molecule has 2 aromatic carbocycles. The zero-order chi connectivity index (χ0) is 15.9. The van der Waals surface area contributed by atoms with E-state index in [1.165, 1.54) is 11.1 Å². The summed E-state index contributed by atoms with van der Waals surface area (Å²) in [5.74, 6) is 12.7. The lowest BCUT2D eigenvalue weighted by Gasteiger charge is -1.94. The molecular formula is C22H20. The van der Waals surface area contributed by atoms with Gasteiger partial charge in [-0.05, 0) is 52.0 Å². The van der Waals surface area contributed by atoms with Crippen molar-refractivity contribution in [2.24, 2.45) is 0 Å². The van der Waals surface area contributed by atoms with Crippen molar-refractivity contribution in [2.45, 2.75) is 27.7 Å². The van der Waals surface area contributed by atoms with E-state index in [1.807, 2.05) is 38.1 Å². The highest BCUT2D eigenvalue weighted by Crippen LogP contribution is 2.05. The molecular weight excluding hydrogens is 264 g/mol. The number of hydrogen-bond donors (Lipinski definition) is 0. The van der Waals surface area contributed by atoms with Crippen LogP contribution in [0.3, 0.4) is 0 Å². The molecule has 0 aliphatic rings. The SMILES string of the molecule is C/C(C#Cc1ccc(C)cc1)=C(\C)C#Cc1ccc(C)cc1. The zero-order valence-electron chi connectivity index (χ0n) is 13.6. The molecule has 0 saturated carbocycles. The van der Waals surface area contributed by atoms with Crippen LogP contribution >= 0.6 is 0 Å². The van der Waals surface area contributed by atoms with Crippen molar-refractivity contribution in [1.29, 1.82) is 0 Å². The van der Waals surface area contributed by atoms with Crippen LogP contribution in [0.5, 0.6) is 0 Å². The van der Waals surface area contributed by atoms with E-state index in [0.29, 0.717) is 0 Å². The largest absolute Gasteiger partial charge is 0.0655 e. The first-order valence-corrected chi connectivity index (χ1v) is 7.39. The maximum absolute atomic E-state index is 3.19. The smallest absolute Gasteiger partial charge is 0.0249 e. The van der Waals surface area contributed by atoms with Crippen LogP contribution in [0.1, 0.15) is 36.1 Å². The van der Waals surface area contributed by atoms with Crippen LogP contribution in [0.15, 0.2) is 59.7 Å². The van der Waals surface area contributed by atoms with Crippen LogP contribution in [-0.4, -0.2) is 0 Å². The topological polar surface area (TPSA) is 0 Å². The summed E-state index contributed by atoms with van der Waals surface area (Å²) in [4.78, 5) is 0. The Kier molecular flexibility index (Phi) is 5.24. The van der Waals surface area contributed by atoms with E-state index in [1.54, 1.807) is 0 Å². The Balaban J connectivity index is 2.16. The van der Waals surface area contributed by atoms with Crippen LogP contribution in [0.2, 0.25) is 0 Å². The highest BCUT2D eigenvalue weighted by atomic mass is 13.9. The van der Waals surface area contributed by atoms with Crippen LogP contribution < -0.4 is 0 Å². The first-order chi connectivity index (χ1) is 10.5. The van der Waals surface area contributed by atoms with E-state index in [0.717, 1.165) is 22.3 Å². The van der Waals surface area contributed by atoms with Gasteiger partial charge in [0.1, 0.15) is 0 Å². The monoisotopic (exact) mass is 284 g/mol. The van der Waals surface area contributed by atoms with Gasteiger partial charge >= 0.3 is 0 Å². The van der Waals surface area contributed by atoms with E-state index in [9.17, 15) is 0 Å². The number of allylic oxidation sites excluding steroid dienone is 2. The molecule has 0 aromatic heterocycles. The lowest BCUT2D eigenvalue weighted by atomic mass is 10.1. The molecule has 108 valence electrons. The Labute approximate surface area is 133 Å². The predicted octanol–water partition coefficient (Wildman–Crippen LogP) is 5.04. The minimum absolute atomic E-state index is 1.01. The maximum atomic E-state index is 3.19. The average molecular weight is 284 g/mol. The van der Waals surface area contributed by atoms with E-state index in [2.05, 4.69) is 61.8 Å². The molecule has 0 radical (unpaired) electrons. The minimum Gasteiger partial charge on any atom is -0.0655 e. The standard InChI is InChI=1S/C22H20/c1-17-5-11-21(12-6-17)15-9-19(3)20(4)10-16-22-13-7-18(2)8-14-22/h5-8,11-14H,1-4H3/b20-19-. The third-order valence-electron chi connectivity index (χ3n) is 3.45. The molecule has 2 rings (SSSR count). The fraction of sp³-hybridized carbons (Fsp3) is 0.182. The molecule has 0 heteroatoms. The molecule has 0 saturated heterocycles. The van der Waals surface area contributed by atoms with Crippen molar-refractivity contribution in [3.8, 4) is 23.7 Å². The number of rotatable bonds is 0. The third-order valence-corrected chi connectivity index (χ3v) is 3.45. The summed E-state index contributed by atoms with van der Waals surface area (Å²) in [6, 6.07) is 16.5. The van der Waals surface area contributed by atoms with Gasteiger partial charge in [-0.1, -0.05) is 59.1 Å². The Morgan fingerprint density at radius 1 is 0.591 bits per heavy atom. The van der Waals surface area contributed by atoms with Crippen LogP contribution in [0.25, 0.3) is 0 Å². The predicted molar refractivity (Wildman–Crippen MR) is 94.5 cm³/mol. The van der Waals surface area contributed by atoms with Crippen molar-refractivity contribution in [2.75, 3.05) is 0 Å². The molecule has 0 aliphatic carbocycles. The summed E-state index contributed by atoms with van der Waals surface area (Å²) in [5.41, 5.74) is 6.59. The summed E-state index contributed by atoms with van der Waals surface area (Å²) in [7, 11) is 0. The number of hydrogen-bond acceptors (Lipinski definition) is 0. The van der Waals surface area contributed by atoms with Crippen molar-refractivity contribution >= 4 is 0 Å². The molecule has 0 spiro atoms. The molecule has 0 aliphatic heterocycles. The van der Waals surface area contributed by atoms with Gasteiger partial charge in [0.15, 0.2) is 0 Å². The van der Waals surface area contributed by atoms with Gasteiger partial charge in [0.2, 0.25) is 0 Å². The molecule has 0 atom stereocenters. The van der Waals surface area contributed by atoms with Gasteiger partial charge < -0.3 is 0 Å². The van der Waals surface area contributed by atoms with Crippen molar-refractivity contribution in [1.82, 2.24) is 0 Å². The first-order valence-electron chi connectivity index (χ1n) is 7.39. The van der Waals surface area contributed by atoms with Gasteiger partial charge in [-0.15, -0.1) is 0 Å². The second-order valence-corrected chi connectivity index (χ2v) is 5.48. The summed E-state index contributed by atoms with van der Waals surface area (Å²) in [6.45, 7) is 8.18. The second-order valence-electron chi connectivity index (χ2n) is 5.48. The van der Waals surface area contributed by atoms with Crippen LogP contribution in [0.4, 0.5) is 0 Å². The van der Waals surface area contributed by atoms with Gasteiger partial charge in [-0.2, -0.15) is 0 Å². The molecule has 0 fully saturated rings. The van der Waals surface area contributed by atoms with E-state index >= 15 is 0 Å².